The molecular weight excluding hydrogens is 173 g/mol. The summed E-state index contributed by atoms with van der Waals surface area (Å²) in [6, 6.07) is 2.46. The van der Waals surface area contributed by atoms with Crippen LogP contribution in [0.1, 0.15) is 39.0 Å². The Hall–Kier alpha value is -0.485. The molecular formula is C11H20BNO. The molecule has 0 aliphatic heterocycles. The van der Waals surface area contributed by atoms with E-state index >= 15 is 0 Å². The zero-order valence-corrected chi connectivity index (χ0v) is 9.38. The molecule has 1 fully saturated rings. The number of ether oxygens (including phenoxy) is 1. The average Bonchev–Trinajstić information content (AvgIpc) is 2.39. The minimum absolute atomic E-state index is 0.0685. The molecule has 0 aromatic heterocycles. The molecule has 0 heterocycles. The fourth-order valence-corrected chi connectivity index (χ4v) is 2.14. The van der Waals surface area contributed by atoms with Gasteiger partial charge in [-0.1, -0.05) is 6.42 Å². The second-order valence-electron chi connectivity index (χ2n) is 4.63. The highest BCUT2D eigenvalue weighted by molar-refractivity contribution is 6.17. The molecule has 2 nitrogen and oxygen atoms in total. The molecule has 0 aromatic carbocycles. The van der Waals surface area contributed by atoms with E-state index in [0.717, 1.165) is 32.5 Å². The van der Waals surface area contributed by atoms with Crippen molar-refractivity contribution in [1.82, 2.24) is 0 Å². The summed E-state index contributed by atoms with van der Waals surface area (Å²) in [5.74, 6) is 0.685. The quantitative estimate of drug-likeness (QED) is 0.506. The standard InChI is InChI=1S/C11H20BNO/c1-2-14-8-10-4-3-6-11(12,9-13)7-5-10/h10H,2-8,12H2,1H3. The fourth-order valence-electron chi connectivity index (χ4n) is 2.14. The molecule has 0 aromatic rings. The summed E-state index contributed by atoms with van der Waals surface area (Å²) in [7, 11) is 2.09. The summed E-state index contributed by atoms with van der Waals surface area (Å²) in [6.07, 6.45) is 5.68. The van der Waals surface area contributed by atoms with Crippen molar-refractivity contribution in [2.45, 2.75) is 44.3 Å². The molecule has 1 saturated carbocycles. The molecule has 0 radical (unpaired) electrons. The number of nitrogens with zero attached hydrogens (tertiary/aromatic N) is 1. The number of hydrogen-bond acceptors (Lipinski definition) is 2. The SMILES string of the molecule is BC1(C#N)CCCC(COCC)CC1. The van der Waals surface area contributed by atoms with Crippen molar-refractivity contribution in [2.75, 3.05) is 13.2 Å². The van der Waals surface area contributed by atoms with Gasteiger partial charge in [0.25, 0.3) is 0 Å². The Morgan fingerprint density at radius 2 is 2.29 bits per heavy atom. The summed E-state index contributed by atoms with van der Waals surface area (Å²) in [5.41, 5.74) is 0. The highest BCUT2D eigenvalue weighted by Crippen LogP contribution is 2.39. The fraction of sp³-hybridized carbons (Fsp3) is 0.909. The Morgan fingerprint density at radius 1 is 1.50 bits per heavy atom. The van der Waals surface area contributed by atoms with Gasteiger partial charge in [0, 0.05) is 18.5 Å². The maximum absolute atomic E-state index is 9.06. The van der Waals surface area contributed by atoms with Crippen LogP contribution in [0.25, 0.3) is 0 Å². The lowest BCUT2D eigenvalue weighted by atomic mass is 9.65. The highest BCUT2D eigenvalue weighted by Gasteiger charge is 2.28. The maximum atomic E-state index is 9.06. The highest BCUT2D eigenvalue weighted by atomic mass is 16.5. The predicted molar refractivity (Wildman–Crippen MR) is 59.9 cm³/mol. The molecule has 78 valence electrons. The average molecular weight is 193 g/mol. The van der Waals surface area contributed by atoms with Gasteiger partial charge in [0.1, 0.15) is 7.85 Å². The van der Waals surface area contributed by atoms with Gasteiger partial charge in [-0.05, 0) is 38.5 Å². The monoisotopic (exact) mass is 193 g/mol. The molecule has 2 unspecified atom stereocenters. The van der Waals surface area contributed by atoms with Gasteiger partial charge in [-0.3, -0.25) is 0 Å². The van der Waals surface area contributed by atoms with E-state index in [0.29, 0.717) is 5.92 Å². The molecule has 3 heteroatoms. The summed E-state index contributed by atoms with van der Waals surface area (Å²) >= 11 is 0. The molecule has 1 aliphatic carbocycles. The molecule has 0 saturated heterocycles. The van der Waals surface area contributed by atoms with Crippen LogP contribution in [0.5, 0.6) is 0 Å². The molecule has 1 aliphatic rings. The second-order valence-corrected chi connectivity index (χ2v) is 4.63. The van der Waals surface area contributed by atoms with Gasteiger partial charge in [0.2, 0.25) is 0 Å². The smallest absolute Gasteiger partial charge is 0.127 e. The van der Waals surface area contributed by atoms with Crippen molar-refractivity contribution in [1.29, 1.82) is 5.26 Å². The predicted octanol–water partition coefficient (Wildman–Crippen LogP) is 1.92. The zero-order chi connectivity index (χ0) is 10.4. The molecule has 2 atom stereocenters. The molecule has 1 rings (SSSR count). The Morgan fingerprint density at radius 3 is 2.93 bits per heavy atom. The van der Waals surface area contributed by atoms with Gasteiger partial charge < -0.3 is 4.74 Å². The van der Waals surface area contributed by atoms with Crippen molar-refractivity contribution in [2.24, 2.45) is 5.92 Å². The first-order valence-electron chi connectivity index (χ1n) is 5.69. The molecule has 0 bridgehead atoms. The first-order chi connectivity index (χ1) is 6.70. The summed E-state index contributed by atoms with van der Waals surface area (Å²) < 4.78 is 5.45. The third-order valence-electron chi connectivity index (χ3n) is 3.27. The molecule has 0 amide bonds. The van der Waals surface area contributed by atoms with E-state index in [9.17, 15) is 0 Å². The van der Waals surface area contributed by atoms with E-state index in [1.807, 2.05) is 6.92 Å². The number of nitriles is 1. The van der Waals surface area contributed by atoms with Crippen LogP contribution in [-0.2, 0) is 4.74 Å². The summed E-state index contributed by atoms with van der Waals surface area (Å²) in [5, 5.41) is 8.99. The van der Waals surface area contributed by atoms with Gasteiger partial charge in [0.05, 0.1) is 6.07 Å². The Bertz CT molecular complexity index is 214. The van der Waals surface area contributed by atoms with Crippen LogP contribution < -0.4 is 0 Å². The van der Waals surface area contributed by atoms with Crippen molar-refractivity contribution in [3.05, 3.63) is 0 Å². The van der Waals surface area contributed by atoms with E-state index in [4.69, 9.17) is 10.00 Å². The first kappa shape index (κ1) is 11.6. The largest absolute Gasteiger partial charge is 0.381 e. The Labute approximate surface area is 88.0 Å². The van der Waals surface area contributed by atoms with E-state index in [1.165, 1.54) is 12.8 Å². The lowest BCUT2D eigenvalue weighted by Crippen LogP contribution is -2.11. The van der Waals surface area contributed by atoms with Gasteiger partial charge in [-0.25, -0.2) is 0 Å². The lowest BCUT2D eigenvalue weighted by molar-refractivity contribution is 0.104. The van der Waals surface area contributed by atoms with Crippen molar-refractivity contribution in [3.8, 4) is 6.07 Å². The van der Waals surface area contributed by atoms with E-state index in [1.54, 1.807) is 0 Å². The number of rotatable bonds is 3. The van der Waals surface area contributed by atoms with Crippen molar-refractivity contribution in [3.63, 3.8) is 0 Å². The van der Waals surface area contributed by atoms with Crippen LogP contribution in [0.2, 0.25) is 5.31 Å². The summed E-state index contributed by atoms with van der Waals surface area (Å²) in [6.45, 7) is 3.74. The third-order valence-corrected chi connectivity index (χ3v) is 3.27. The minimum atomic E-state index is -0.0685. The van der Waals surface area contributed by atoms with Gasteiger partial charge in [0.15, 0.2) is 0 Å². The van der Waals surface area contributed by atoms with Crippen LogP contribution in [0.3, 0.4) is 0 Å². The molecule has 0 N–H and O–H groups in total. The van der Waals surface area contributed by atoms with Gasteiger partial charge in [-0.15, -0.1) is 0 Å². The van der Waals surface area contributed by atoms with Crippen LogP contribution in [-0.4, -0.2) is 21.1 Å². The normalized spacial score (nSPS) is 33.3. The van der Waals surface area contributed by atoms with Crippen molar-refractivity contribution >= 4 is 7.85 Å². The van der Waals surface area contributed by atoms with Crippen molar-refractivity contribution < 1.29 is 4.74 Å². The van der Waals surface area contributed by atoms with E-state index in [-0.39, 0.29) is 5.31 Å². The maximum Gasteiger partial charge on any atom is 0.127 e. The Kier molecular flexibility index (Phi) is 4.48. The zero-order valence-electron chi connectivity index (χ0n) is 9.38. The lowest BCUT2D eigenvalue weighted by Gasteiger charge is -2.18. The first-order valence-corrected chi connectivity index (χ1v) is 5.69. The van der Waals surface area contributed by atoms with Crippen LogP contribution >= 0.6 is 0 Å². The van der Waals surface area contributed by atoms with E-state index < -0.39 is 0 Å². The van der Waals surface area contributed by atoms with E-state index in [2.05, 4.69) is 13.9 Å². The van der Waals surface area contributed by atoms with Crippen LogP contribution in [0.4, 0.5) is 0 Å². The minimum Gasteiger partial charge on any atom is -0.381 e. The van der Waals surface area contributed by atoms with Gasteiger partial charge >= 0.3 is 0 Å². The number of hydrogen-bond donors (Lipinski definition) is 0. The molecule has 0 spiro atoms. The Balaban J connectivity index is 2.38. The van der Waals surface area contributed by atoms with Gasteiger partial charge in [-0.2, -0.15) is 5.26 Å². The van der Waals surface area contributed by atoms with Crippen LogP contribution in [0, 0.1) is 17.2 Å². The summed E-state index contributed by atoms with van der Waals surface area (Å²) in [4.78, 5) is 0. The topological polar surface area (TPSA) is 33.0 Å². The second kappa shape index (κ2) is 5.41. The van der Waals surface area contributed by atoms with Crippen LogP contribution in [0.15, 0.2) is 0 Å². The molecule has 14 heavy (non-hydrogen) atoms. The third kappa shape index (κ3) is 3.34.